The van der Waals surface area contributed by atoms with E-state index in [0.29, 0.717) is 16.3 Å². The molecule has 0 atom stereocenters. The number of hydrogen-bond acceptors (Lipinski definition) is 7. The average molecular weight is 399 g/mol. The van der Waals surface area contributed by atoms with Crippen LogP contribution in [0, 0.1) is 21.4 Å². The molecule has 0 aliphatic rings. The van der Waals surface area contributed by atoms with E-state index in [0.717, 1.165) is 16.5 Å². The van der Waals surface area contributed by atoms with Crippen molar-refractivity contribution >= 4 is 39.2 Å². The molecule has 7 nitrogen and oxygen atoms in total. The van der Waals surface area contributed by atoms with Gasteiger partial charge in [-0.05, 0) is 11.5 Å². The van der Waals surface area contributed by atoms with Gasteiger partial charge in [-0.25, -0.2) is 4.98 Å². The van der Waals surface area contributed by atoms with E-state index in [1.165, 1.54) is 23.5 Å². The quantitative estimate of drug-likeness (QED) is 0.282. The van der Waals surface area contributed by atoms with Gasteiger partial charge in [-0.1, -0.05) is 48.5 Å². The molecular formula is C21H13N5O2S. The maximum absolute atomic E-state index is 11.0. The molecule has 29 heavy (non-hydrogen) atoms. The SMILES string of the molecule is N#CC(=NNc1cccc2ccccc12)c1nc(-c2cccc([N+](=O)[O-])c2)cs1. The topological polar surface area (TPSA) is 104 Å². The van der Waals surface area contributed by atoms with Gasteiger partial charge in [0.15, 0.2) is 10.7 Å². The van der Waals surface area contributed by atoms with Gasteiger partial charge in [0.05, 0.1) is 16.3 Å². The molecule has 8 heteroatoms. The van der Waals surface area contributed by atoms with E-state index in [2.05, 4.69) is 21.6 Å². The van der Waals surface area contributed by atoms with E-state index in [1.54, 1.807) is 17.5 Å². The second-order valence-corrected chi connectivity index (χ2v) is 6.91. The Balaban J connectivity index is 1.63. The third-order valence-corrected chi connectivity index (χ3v) is 5.09. The van der Waals surface area contributed by atoms with E-state index >= 15 is 0 Å². The lowest BCUT2D eigenvalue weighted by Crippen LogP contribution is -2.01. The predicted octanol–water partition coefficient (Wildman–Crippen LogP) is 5.21. The molecule has 0 saturated carbocycles. The van der Waals surface area contributed by atoms with Gasteiger partial charge in [-0.15, -0.1) is 11.3 Å². The van der Waals surface area contributed by atoms with Crippen LogP contribution in [0.5, 0.6) is 0 Å². The zero-order chi connectivity index (χ0) is 20.2. The Morgan fingerprint density at radius 2 is 1.93 bits per heavy atom. The second-order valence-electron chi connectivity index (χ2n) is 6.06. The second kappa shape index (κ2) is 7.88. The molecule has 0 radical (unpaired) electrons. The van der Waals surface area contributed by atoms with Crippen LogP contribution in [-0.2, 0) is 0 Å². The minimum atomic E-state index is -0.451. The summed E-state index contributed by atoms with van der Waals surface area (Å²) >= 11 is 1.26. The number of nitro groups is 1. The Hall–Kier alpha value is -4.09. The van der Waals surface area contributed by atoms with Gasteiger partial charge < -0.3 is 0 Å². The van der Waals surface area contributed by atoms with Crippen molar-refractivity contribution in [3.63, 3.8) is 0 Å². The van der Waals surface area contributed by atoms with Crippen molar-refractivity contribution in [3.05, 3.63) is 87.2 Å². The summed E-state index contributed by atoms with van der Waals surface area (Å²) < 4.78 is 0. The van der Waals surface area contributed by atoms with Crippen molar-refractivity contribution in [1.29, 1.82) is 5.26 Å². The third-order valence-electron chi connectivity index (χ3n) is 4.24. The summed E-state index contributed by atoms with van der Waals surface area (Å²) in [5, 5.41) is 29.0. The molecule has 140 valence electrons. The molecule has 0 amide bonds. The summed E-state index contributed by atoms with van der Waals surface area (Å²) in [5.74, 6) is 0. The molecule has 1 aromatic heterocycles. The first-order valence-electron chi connectivity index (χ1n) is 8.58. The van der Waals surface area contributed by atoms with Crippen LogP contribution in [0.2, 0.25) is 0 Å². The number of thiazole rings is 1. The van der Waals surface area contributed by atoms with Crippen molar-refractivity contribution < 1.29 is 4.92 Å². The summed E-state index contributed by atoms with van der Waals surface area (Å²) in [5.41, 5.74) is 5.03. The highest BCUT2D eigenvalue weighted by Crippen LogP contribution is 2.26. The van der Waals surface area contributed by atoms with E-state index in [1.807, 2.05) is 42.5 Å². The summed E-state index contributed by atoms with van der Waals surface area (Å²) in [4.78, 5) is 15.0. The lowest BCUT2D eigenvalue weighted by molar-refractivity contribution is -0.384. The number of nitriles is 1. The molecule has 0 spiro atoms. The largest absolute Gasteiger partial charge is 0.276 e. The molecule has 0 aliphatic carbocycles. The maximum Gasteiger partial charge on any atom is 0.270 e. The van der Waals surface area contributed by atoms with Crippen LogP contribution in [0.15, 0.2) is 77.2 Å². The Labute approximate surface area is 169 Å². The maximum atomic E-state index is 11.0. The monoisotopic (exact) mass is 399 g/mol. The van der Waals surface area contributed by atoms with E-state index in [-0.39, 0.29) is 11.4 Å². The highest BCUT2D eigenvalue weighted by atomic mass is 32.1. The summed E-state index contributed by atoms with van der Waals surface area (Å²) in [6.45, 7) is 0. The van der Waals surface area contributed by atoms with E-state index < -0.39 is 4.92 Å². The predicted molar refractivity (Wildman–Crippen MR) is 114 cm³/mol. The molecule has 0 saturated heterocycles. The number of hydrogen-bond donors (Lipinski definition) is 1. The Morgan fingerprint density at radius 1 is 1.14 bits per heavy atom. The molecule has 0 bridgehead atoms. The lowest BCUT2D eigenvalue weighted by Gasteiger charge is -2.05. The molecule has 0 aliphatic heterocycles. The first-order valence-corrected chi connectivity index (χ1v) is 9.46. The number of fused-ring (bicyclic) bond motifs is 1. The summed E-state index contributed by atoms with van der Waals surface area (Å²) in [7, 11) is 0. The first-order chi connectivity index (χ1) is 14.2. The Bertz CT molecular complexity index is 1280. The fourth-order valence-electron chi connectivity index (χ4n) is 2.85. The fourth-order valence-corrected chi connectivity index (χ4v) is 3.62. The zero-order valence-electron chi connectivity index (χ0n) is 14.9. The fraction of sp³-hybridized carbons (Fsp3) is 0. The first kappa shape index (κ1) is 18.3. The van der Waals surface area contributed by atoms with Crippen LogP contribution in [0.4, 0.5) is 11.4 Å². The molecule has 3 aromatic carbocycles. The number of rotatable bonds is 5. The standard InChI is InChI=1S/C21H13N5O2S/c22-12-19(25-24-18-10-4-6-14-5-1-2-9-17(14)18)21-23-20(13-29-21)15-7-3-8-16(11-15)26(27)28/h1-11,13,24H. The van der Waals surface area contributed by atoms with Gasteiger partial charge in [-0.3, -0.25) is 15.5 Å². The van der Waals surface area contributed by atoms with Crippen molar-refractivity contribution in [2.75, 3.05) is 5.43 Å². The van der Waals surface area contributed by atoms with Crippen LogP contribution in [-0.4, -0.2) is 15.6 Å². The molecule has 4 aromatic rings. The normalized spacial score (nSPS) is 11.2. The molecule has 1 heterocycles. The molecule has 4 rings (SSSR count). The van der Waals surface area contributed by atoms with Gasteiger partial charge in [0.1, 0.15) is 6.07 Å². The highest BCUT2D eigenvalue weighted by molar-refractivity contribution is 7.12. The van der Waals surface area contributed by atoms with Gasteiger partial charge in [0.25, 0.3) is 5.69 Å². The van der Waals surface area contributed by atoms with Crippen LogP contribution in [0.25, 0.3) is 22.0 Å². The Morgan fingerprint density at radius 3 is 2.76 bits per heavy atom. The van der Waals surface area contributed by atoms with Crippen molar-refractivity contribution in [1.82, 2.24) is 4.98 Å². The van der Waals surface area contributed by atoms with E-state index in [9.17, 15) is 15.4 Å². The van der Waals surface area contributed by atoms with Gasteiger partial charge in [-0.2, -0.15) is 10.4 Å². The number of hydrazone groups is 1. The molecule has 0 unspecified atom stereocenters. The van der Waals surface area contributed by atoms with Crippen molar-refractivity contribution in [2.24, 2.45) is 5.10 Å². The van der Waals surface area contributed by atoms with E-state index in [4.69, 9.17) is 0 Å². The smallest absolute Gasteiger partial charge is 0.270 e. The van der Waals surface area contributed by atoms with Crippen LogP contribution < -0.4 is 5.43 Å². The van der Waals surface area contributed by atoms with Gasteiger partial charge in [0.2, 0.25) is 0 Å². The average Bonchev–Trinajstić information content (AvgIpc) is 3.24. The minimum Gasteiger partial charge on any atom is -0.276 e. The molecule has 1 N–H and O–H groups in total. The Kier molecular flexibility index (Phi) is 4.97. The van der Waals surface area contributed by atoms with Crippen LogP contribution in [0.1, 0.15) is 5.01 Å². The zero-order valence-corrected chi connectivity index (χ0v) is 15.8. The van der Waals surface area contributed by atoms with Gasteiger partial charge >= 0.3 is 0 Å². The number of nitrogens with zero attached hydrogens (tertiary/aromatic N) is 4. The van der Waals surface area contributed by atoms with Crippen molar-refractivity contribution in [2.45, 2.75) is 0 Å². The summed E-state index contributed by atoms with van der Waals surface area (Å²) in [6.07, 6.45) is 0. The minimum absolute atomic E-state index is 0.0103. The van der Waals surface area contributed by atoms with Crippen LogP contribution in [0.3, 0.4) is 0 Å². The van der Waals surface area contributed by atoms with Crippen molar-refractivity contribution in [3.8, 4) is 17.3 Å². The third kappa shape index (κ3) is 3.81. The number of nitrogens with one attached hydrogen (secondary N) is 1. The number of non-ortho nitro benzene ring substituents is 1. The number of benzene rings is 3. The van der Waals surface area contributed by atoms with Crippen LogP contribution >= 0.6 is 11.3 Å². The summed E-state index contributed by atoms with van der Waals surface area (Å²) in [6, 6.07) is 22.0. The molecule has 0 fully saturated rings. The van der Waals surface area contributed by atoms with Gasteiger partial charge in [0, 0.05) is 28.5 Å². The number of anilines is 1. The number of aromatic nitrogens is 1. The highest BCUT2D eigenvalue weighted by Gasteiger charge is 2.13. The lowest BCUT2D eigenvalue weighted by atomic mass is 10.1. The number of nitro benzene ring substituents is 1. The molecular weight excluding hydrogens is 386 g/mol.